The molecule has 0 fully saturated rings. The number of methoxy groups -OCH3 is 1. The Hall–Kier alpha value is -2.44. The maximum absolute atomic E-state index is 13.1. The number of halogens is 2. The quantitative estimate of drug-likeness (QED) is 0.550. The van der Waals surface area contributed by atoms with Crippen LogP contribution in [0.15, 0.2) is 42.5 Å². The van der Waals surface area contributed by atoms with E-state index in [1.54, 1.807) is 56.5 Å². The van der Waals surface area contributed by atoms with Gasteiger partial charge in [0.2, 0.25) is 5.91 Å². The molecule has 0 saturated carbocycles. The summed E-state index contributed by atoms with van der Waals surface area (Å²) < 4.78 is 10.8. The summed E-state index contributed by atoms with van der Waals surface area (Å²) in [6.45, 7) is 5.40. The molecule has 0 aliphatic rings. The van der Waals surface area contributed by atoms with E-state index in [0.29, 0.717) is 27.1 Å². The monoisotopic (exact) mass is 466 g/mol. The summed E-state index contributed by atoms with van der Waals surface area (Å²) in [7, 11) is 1.57. The maximum atomic E-state index is 13.1. The molecule has 0 aliphatic carbocycles. The van der Waals surface area contributed by atoms with Crippen LogP contribution >= 0.6 is 23.2 Å². The number of nitrogens with one attached hydrogen (secondary N) is 1. The number of nitrogens with zero attached hydrogens (tertiary/aromatic N) is 1. The lowest BCUT2D eigenvalue weighted by Crippen LogP contribution is -2.50. The summed E-state index contributed by atoms with van der Waals surface area (Å²) in [6, 6.07) is 11.3. The third-order valence-electron chi connectivity index (χ3n) is 4.98. The minimum atomic E-state index is -0.742. The molecule has 2 amide bonds. The number of carbonyl (C=O) groups is 2. The van der Waals surface area contributed by atoms with Gasteiger partial charge >= 0.3 is 0 Å². The first-order valence-electron chi connectivity index (χ1n) is 10.1. The summed E-state index contributed by atoms with van der Waals surface area (Å²) in [5.41, 5.74) is 0.576. The van der Waals surface area contributed by atoms with Crippen LogP contribution in [-0.2, 0) is 16.1 Å². The molecular weight excluding hydrogens is 439 g/mol. The molecule has 2 aromatic rings. The molecule has 2 aromatic carbocycles. The number of amides is 2. The lowest BCUT2D eigenvalue weighted by molar-refractivity contribution is -0.142. The molecular formula is C23H28Cl2N2O4. The van der Waals surface area contributed by atoms with Crippen molar-refractivity contribution >= 4 is 35.0 Å². The van der Waals surface area contributed by atoms with E-state index in [4.69, 9.17) is 32.7 Å². The Morgan fingerprint density at radius 1 is 1.03 bits per heavy atom. The molecule has 2 atom stereocenters. The van der Waals surface area contributed by atoms with Gasteiger partial charge < -0.3 is 19.7 Å². The van der Waals surface area contributed by atoms with Crippen LogP contribution in [-0.4, -0.2) is 42.5 Å². The standard InChI is InChI=1S/C23H28Cl2N2O4/c1-5-15(2)26-23(29)16(3)27(13-19-20(24)7-6-8-21(19)25)22(28)14-31-18-11-9-17(30-4)10-12-18/h6-12,15-16H,5,13-14H2,1-4H3,(H,26,29). The molecule has 0 spiro atoms. The number of benzene rings is 2. The van der Waals surface area contributed by atoms with Gasteiger partial charge in [0, 0.05) is 28.2 Å². The molecule has 2 unspecified atom stereocenters. The summed E-state index contributed by atoms with van der Waals surface area (Å²) in [4.78, 5) is 27.2. The van der Waals surface area contributed by atoms with Crippen LogP contribution < -0.4 is 14.8 Å². The Morgan fingerprint density at radius 3 is 2.16 bits per heavy atom. The molecule has 0 aliphatic heterocycles. The van der Waals surface area contributed by atoms with Crippen molar-refractivity contribution in [2.75, 3.05) is 13.7 Å². The summed E-state index contributed by atoms with van der Waals surface area (Å²) in [5, 5.41) is 3.77. The molecule has 6 nitrogen and oxygen atoms in total. The van der Waals surface area contributed by atoms with Crippen LogP contribution in [0.25, 0.3) is 0 Å². The molecule has 0 bridgehead atoms. The maximum Gasteiger partial charge on any atom is 0.261 e. The lowest BCUT2D eigenvalue weighted by Gasteiger charge is -2.30. The van der Waals surface area contributed by atoms with E-state index in [9.17, 15) is 9.59 Å². The molecule has 2 rings (SSSR count). The van der Waals surface area contributed by atoms with Crippen molar-refractivity contribution in [3.63, 3.8) is 0 Å². The van der Waals surface area contributed by atoms with E-state index < -0.39 is 6.04 Å². The van der Waals surface area contributed by atoms with E-state index in [0.717, 1.165) is 6.42 Å². The van der Waals surface area contributed by atoms with E-state index in [2.05, 4.69) is 5.32 Å². The molecule has 0 heterocycles. The summed E-state index contributed by atoms with van der Waals surface area (Å²) in [5.74, 6) is 0.583. The topological polar surface area (TPSA) is 67.9 Å². The molecule has 0 aromatic heterocycles. The van der Waals surface area contributed by atoms with Crippen molar-refractivity contribution in [1.82, 2.24) is 10.2 Å². The van der Waals surface area contributed by atoms with Gasteiger partial charge in [0.25, 0.3) is 5.91 Å². The van der Waals surface area contributed by atoms with Crippen molar-refractivity contribution in [1.29, 1.82) is 0 Å². The first-order valence-corrected chi connectivity index (χ1v) is 10.8. The van der Waals surface area contributed by atoms with Gasteiger partial charge in [-0.1, -0.05) is 36.2 Å². The fourth-order valence-electron chi connectivity index (χ4n) is 2.80. The molecule has 0 saturated heterocycles. The summed E-state index contributed by atoms with van der Waals surface area (Å²) >= 11 is 12.6. The minimum absolute atomic E-state index is 0.00801. The van der Waals surface area contributed by atoms with Crippen LogP contribution in [0.1, 0.15) is 32.8 Å². The van der Waals surface area contributed by atoms with Crippen LogP contribution in [0.2, 0.25) is 10.0 Å². The van der Waals surface area contributed by atoms with Gasteiger partial charge in [-0.15, -0.1) is 0 Å². The van der Waals surface area contributed by atoms with Crippen molar-refractivity contribution < 1.29 is 19.1 Å². The number of hydrogen-bond acceptors (Lipinski definition) is 4. The largest absolute Gasteiger partial charge is 0.497 e. The second kappa shape index (κ2) is 11.8. The van der Waals surface area contributed by atoms with Crippen LogP contribution in [0.3, 0.4) is 0 Å². The van der Waals surface area contributed by atoms with Crippen molar-refractivity contribution in [2.45, 2.75) is 45.8 Å². The zero-order valence-corrected chi connectivity index (χ0v) is 19.7. The lowest BCUT2D eigenvalue weighted by atomic mass is 10.1. The Labute approximate surface area is 193 Å². The number of carbonyl (C=O) groups excluding carboxylic acids is 2. The van der Waals surface area contributed by atoms with E-state index >= 15 is 0 Å². The zero-order valence-electron chi connectivity index (χ0n) is 18.2. The van der Waals surface area contributed by atoms with Gasteiger partial charge in [-0.2, -0.15) is 0 Å². The average molecular weight is 467 g/mol. The van der Waals surface area contributed by atoms with Crippen LogP contribution in [0.5, 0.6) is 11.5 Å². The smallest absolute Gasteiger partial charge is 0.261 e. The highest BCUT2D eigenvalue weighted by Crippen LogP contribution is 2.27. The summed E-state index contributed by atoms with van der Waals surface area (Å²) in [6.07, 6.45) is 0.781. The zero-order chi connectivity index (χ0) is 23.0. The molecule has 0 radical (unpaired) electrons. The first-order chi connectivity index (χ1) is 14.8. The third-order valence-corrected chi connectivity index (χ3v) is 5.69. The van der Waals surface area contributed by atoms with Gasteiger partial charge in [0.15, 0.2) is 6.61 Å². The second-order valence-electron chi connectivity index (χ2n) is 7.18. The van der Waals surface area contributed by atoms with Crippen LogP contribution in [0.4, 0.5) is 0 Å². The Bertz CT molecular complexity index is 869. The fourth-order valence-corrected chi connectivity index (χ4v) is 3.32. The highest BCUT2D eigenvalue weighted by molar-refractivity contribution is 6.36. The van der Waals surface area contributed by atoms with Crippen LogP contribution in [0, 0.1) is 0 Å². The van der Waals surface area contributed by atoms with Crippen molar-refractivity contribution in [2.24, 2.45) is 0 Å². The van der Waals surface area contributed by atoms with Crippen molar-refractivity contribution in [3.05, 3.63) is 58.1 Å². The molecule has 8 heteroatoms. The van der Waals surface area contributed by atoms with Gasteiger partial charge in [-0.25, -0.2) is 0 Å². The number of ether oxygens (including phenoxy) is 2. The predicted molar refractivity (Wildman–Crippen MR) is 123 cm³/mol. The fraction of sp³-hybridized carbons (Fsp3) is 0.391. The SMILES string of the molecule is CCC(C)NC(=O)C(C)N(Cc1c(Cl)cccc1Cl)C(=O)COc1ccc(OC)cc1. The first kappa shape index (κ1) is 24.8. The molecule has 31 heavy (non-hydrogen) atoms. The second-order valence-corrected chi connectivity index (χ2v) is 7.99. The highest BCUT2D eigenvalue weighted by Gasteiger charge is 2.28. The van der Waals surface area contributed by atoms with Gasteiger partial charge in [0.05, 0.1) is 7.11 Å². The van der Waals surface area contributed by atoms with Gasteiger partial charge in [-0.3, -0.25) is 9.59 Å². The van der Waals surface area contributed by atoms with Gasteiger partial charge in [0.1, 0.15) is 17.5 Å². The van der Waals surface area contributed by atoms with Crippen molar-refractivity contribution in [3.8, 4) is 11.5 Å². The number of rotatable bonds is 10. The number of hydrogen-bond donors (Lipinski definition) is 1. The molecule has 1 N–H and O–H groups in total. The van der Waals surface area contributed by atoms with E-state index in [1.165, 1.54) is 4.90 Å². The Kier molecular flexibility index (Phi) is 9.46. The third kappa shape index (κ3) is 7.04. The van der Waals surface area contributed by atoms with E-state index in [1.807, 2.05) is 13.8 Å². The normalized spacial score (nSPS) is 12.6. The Balaban J connectivity index is 2.20. The van der Waals surface area contributed by atoms with Gasteiger partial charge in [-0.05, 0) is 56.7 Å². The Morgan fingerprint density at radius 2 is 1.61 bits per heavy atom. The molecule has 168 valence electrons. The van der Waals surface area contributed by atoms with E-state index in [-0.39, 0.29) is 31.0 Å². The average Bonchev–Trinajstić information content (AvgIpc) is 2.77. The predicted octanol–water partition coefficient (Wildman–Crippen LogP) is 4.71. The highest BCUT2D eigenvalue weighted by atomic mass is 35.5. The minimum Gasteiger partial charge on any atom is -0.497 e.